The standard InChI is InChI=1S/C13H18Cl2N2O3S/c1-3-8(4-2)7-17-13(18)9-5-12(21(16,19)20)11(15)6-10(9)14/h5-6,8H,3-4,7H2,1-2H3,(H,17,18)(H2,16,19,20). The fraction of sp³-hybridized carbons (Fsp3) is 0.462. The summed E-state index contributed by atoms with van der Waals surface area (Å²) in [5.41, 5.74) is 0.0380. The predicted octanol–water partition coefficient (Wildman–Crippen LogP) is 2.81. The Morgan fingerprint density at radius 2 is 1.81 bits per heavy atom. The van der Waals surface area contributed by atoms with Crippen molar-refractivity contribution in [3.8, 4) is 0 Å². The Morgan fingerprint density at radius 3 is 2.29 bits per heavy atom. The summed E-state index contributed by atoms with van der Waals surface area (Å²) >= 11 is 11.7. The Labute approximate surface area is 134 Å². The molecule has 0 aliphatic heterocycles. The van der Waals surface area contributed by atoms with Gasteiger partial charge in [-0.1, -0.05) is 49.9 Å². The monoisotopic (exact) mass is 352 g/mol. The average Bonchev–Trinajstić information content (AvgIpc) is 2.38. The van der Waals surface area contributed by atoms with Crippen LogP contribution < -0.4 is 10.5 Å². The summed E-state index contributed by atoms with van der Waals surface area (Å²) in [5, 5.41) is 7.76. The molecule has 1 aromatic carbocycles. The van der Waals surface area contributed by atoms with Crippen molar-refractivity contribution in [1.29, 1.82) is 0 Å². The average molecular weight is 353 g/mol. The van der Waals surface area contributed by atoms with Gasteiger partial charge in [-0.25, -0.2) is 13.6 Å². The fourth-order valence-electron chi connectivity index (χ4n) is 1.83. The topological polar surface area (TPSA) is 89.3 Å². The third-order valence-electron chi connectivity index (χ3n) is 3.28. The van der Waals surface area contributed by atoms with Crippen LogP contribution in [0.4, 0.5) is 0 Å². The zero-order valence-electron chi connectivity index (χ0n) is 11.8. The Balaban J connectivity index is 3.05. The number of amides is 1. The van der Waals surface area contributed by atoms with E-state index in [0.717, 1.165) is 18.9 Å². The summed E-state index contributed by atoms with van der Waals surface area (Å²) in [5.74, 6) is -0.0915. The molecule has 0 radical (unpaired) electrons. The van der Waals surface area contributed by atoms with Crippen LogP contribution in [0, 0.1) is 5.92 Å². The fourth-order valence-corrected chi connectivity index (χ4v) is 3.24. The summed E-state index contributed by atoms with van der Waals surface area (Å²) in [7, 11) is -4.02. The van der Waals surface area contributed by atoms with E-state index in [9.17, 15) is 13.2 Å². The first-order valence-electron chi connectivity index (χ1n) is 6.50. The van der Waals surface area contributed by atoms with Gasteiger partial charge in [-0.3, -0.25) is 4.79 Å². The van der Waals surface area contributed by atoms with E-state index in [1.54, 1.807) is 0 Å². The summed E-state index contributed by atoms with van der Waals surface area (Å²) in [6, 6.07) is 2.30. The highest BCUT2D eigenvalue weighted by Gasteiger charge is 2.20. The lowest BCUT2D eigenvalue weighted by Gasteiger charge is -2.14. The van der Waals surface area contributed by atoms with Crippen LogP contribution in [0.25, 0.3) is 0 Å². The molecule has 0 unspecified atom stereocenters. The maximum atomic E-state index is 12.1. The normalized spacial score (nSPS) is 11.7. The number of halogens is 2. The minimum Gasteiger partial charge on any atom is -0.352 e. The summed E-state index contributed by atoms with van der Waals surface area (Å²) in [6.45, 7) is 4.57. The van der Waals surface area contributed by atoms with E-state index in [-0.39, 0.29) is 20.5 Å². The van der Waals surface area contributed by atoms with Gasteiger partial charge in [-0.15, -0.1) is 0 Å². The van der Waals surface area contributed by atoms with Crippen LogP contribution in [-0.4, -0.2) is 20.9 Å². The zero-order chi connectivity index (χ0) is 16.2. The number of rotatable bonds is 6. The van der Waals surface area contributed by atoms with Crippen molar-refractivity contribution >= 4 is 39.1 Å². The predicted molar refractivity (Wildman–Crippen MR) is 84.2 cm³/mol. The molecule has 0 saturated heterocycles. The molecule has 21 heavy (non-hydrogen) atoms. The molecule has 0 aliphatic rings. The molecule has 0 bridgehead atoms. The van der Waals surface area contributed by atoms with Gasteiger partial charge in [0.1, 0.15) is 4.90 Å². The number of nitrogens with two attached hydrogens (primary N) is 1. The lowest BCUT2D eigenvalue weighted by Crippen LogP contribution is -2.29. The summed E-state index contributed by atoms with van der Waals surface area (Å²) in [4.78, 5) is 11.8. The van der Waals surface area contributed by atoms with E-state index in [1.165, 1.54) is 6.07 Å². The van der Waals surface area contributed by atoms with E-state index < -0.39 is 15.9 Å². The van der Waals surface area contributed by atoms with E-state index in [2.05, 4.69) is 5.32 Å². The second kappa shape index (κ2) is 7.45. The number of carbonyl (C=O) groups is 1. The molecule has 5 nitrogen and oxygen atoms in total. The van der Waals surface area contributed by atoms with Crippen molar-refractivity contribution in [3.63, 3.8) is 0 Å². The van der Waals surface area contributed by atoms with Crippen molar-refractivity contribution in [1.82, 2.24) is 5.32 Å². The largest absolute Gasteiger partial charge is 0.352 e. The molecule has 0 atom stereocenters. The molecule has 1 rings (SSSR count). The molecular formula is C13H18Cl2N2O3S. The van der Waals surface area contributed by atoms with Gasteiger partial charge in [-0.05, 0) is 18.1 Å². The second-order valence-electron chi connectivity index (χ2n) is 4.70. The second-order valence-corrected chi connectivity index (χ2v) is 7.04. The lowest BCUT2D eigenvalue weighted by molar-refractivity contribution is 0.0946. The minimum atomic E-state index is -4.02. The van der Waals surface area contributed by atoms with Crippen molar-refractivity contribution in [2.45, 2.75) is 31.6 Å². The lowest BCUT2D eigenvalue weighted by atomic mass is 10.0. The third kappa shape index (κ3) is 4.85. The van der Waals surface area contributed by atoms with Crippen molar-refractivity contribution in [2.24, 2.45) is 11.1 Å². The Bertz CT molecular complexity index is 629. The van der Waals surface area contributed by atoms with Gasteiger partial charge >= 0.3 is 0 Å². The minimum absolute atomic E-state index is 0.0380. The van der Waals surface area contributed by atoms with Gasteiger partial charge < -0.3 is 5.32 Å². The molecule has 0 heterocycles. The molecule has 118 valence electrons. The smallest absolute Gasteiger partial charge is 0.252 e. The van der Waals surface area contributed by atoms with Crippen LogP contribution in [0.2, 0.25) is 10.0 Å². The number of hydrogen-bond acceptors (Lipinski definition) is 3. The first-order valence-corrected chi connectivity index (χ1v) is 8.80. The Morgan fingerprint density at radius 1 is 1.24 bits per heavy atom. The number of nitrogens with one attached hydrogen (secondary N) is 1. The molecular weight excluding hydrogens is 335 g/mol. The molecule has 8 heteroatoms. The Kier molecular flexibility index (Phi) is 6.46. The van der Waals surface area contributed by atoms with Gasteiger partial charge in [0.15, 0.2) is 0 Å². The first-order chi connectivity index (χ1) is 9.70. The van der Waals surface area contributed by atoms with Crippen LogP contribution in [-0.2, 0) is 10.0 Å². The number of hydrogen-bond donors (Lipinski definition) is 2. The quantitative estimate of drug-likeness (QED) is 0.824. The van der Waals surface area contributed by atoms with Gasteiger partial charge in [0.05, 0.1) is 15.6 Å². The number of primary sulfonamides is 1. The molecule has 0 aliphatic carbocycles. The first kappa shape index (κ1) is 18.2. The van der Waals surface area contributed by atoms with E-state index in [0.29, 0.717) is 12.5 Å². The molecule has 0 fully saturated rings. The van der Waals surface area contributed by atoms with Crippen LogP contribution in [0.3, 0.4) is 0 Å². The summed E-state index contributed by atoms with van der Waals surface area (Å²) in [6.07, 6.45) is 1.88. The van der Waals surface area contributed by atoms with Gasteiger partial charge in [-0.2, -0.15) is 0 Å². The van der Waals surface area contributed by atoms with Crippen LogP contribution in [0.15, 0.2) is 17.0 Å². The third-order valence-corrected chi connectivity index (χ3v) is 4.97. The van der Waals surface area contributed by atoms with E-state index in [4.69, 9.17) is 28.3 Å². The molecule has 0 aromatic heterocycles. The van der Waals surface area contributed by atoms with Crippen LogP contribution >= 0.6 is 23.2 Å². The molecule has 0 saturated carbocycles. The highest BCUT2D eigenvalue weighted by molar-refractivity contribution is 7.89. The zero-order valence-corrected chi connectivity index (χ0v) is 14.1. The van der Waals surface area contributed by atoms with Crippen molar-refractivity contribution in [2.75, 3.05) is 6.54 Å². The van der Waals surface area contributed by atoms with Gasteiger partial charge in [0, 0.05) is 6.54 Å². The SMILES string of the molecule is CCC(CC)CNC(=O)c1cc(S(N)(=O)=O)c(Cl)cc1Cl. The number of sulfonamides is 1. The number of carbonyl (C=O) groups excluding carboxylic acids is 1. The van der Waals surface area contributed by atoms with Gasteiger partial charge in [0.2, 0.25) is 10.0 Å². The van der Waals surface area contributed by atoms with E-state index in [1.807, 2.05) is 13.8 Å². The molecule has 3 N–H and O–H groups in total. The van der Waals surface area contributed by atoms with Crippen LogP contribution in [0.5, 0.6) is 0 Å². The molecule has 0 spiro atoms. The highest BCUT2D eigenvalue weighted by atomic mass is 35.5. The maximum absolute atomic E-state index is 12.1. The van der Waals surface area contributed by atoms with Crippen LogP contribution in [0.1, 0.15) is 37.0 Å². The maximum Gasteiger partial charge on any atom is 0.252 e. The molecule has 1 aromatic rings. The Hall–Kier alpha value is -0.820. The highest BCUT2D eigenvalue weighted by Crippen LogP contribution is 2.28. The van der Waals surface area contributed by atoms with Crippen molar-refractivity contribution in [3.05, 3.63) is 27.7 Å². The van der Waals surface area contributed by atoms with Gasteiger partial charge in [0.25, 0.3) is 5.91 Å². The van der Waals surface area contributed by atoms with E-state index >= 15 is 0 Å². The summed E-state index contributed by atoms with van der Waals surface area (Å²) < 4.78 is 22.8. The molecule has 1 amide bonds. The van der Waals surface area contributed by atoms with Crippen molar-refractivity contribution < 1.29 is 13.2 Å². The number of benzene rings is 1.